The van der Waals surface area contributed by atoms with Gasteiger partial charge in [-0.2, -0.15) is 0 Å². The fourth-order valence-corrected chi connectivity index (χ4v) is 8.32. The predicted octanol–water partition coefficient (Wildman–Crippen LogP) is 3.85. The molecule has 0 unspecified atom stereocenters. The van der Waals surface area contributed by atoms with E-state index in [1.165, 1.54) is 31.9 Å². The average molecular weight is 473 g/mol. The third kappa shape index (κ3) is 3.78. The maximum atomic E-state index is 12.6. The fourth-order valence-electron chi connectivity index (χ4n) is 8.32. The number of ether oxygens (including phenoxy) is 1. The molecule has 1 saturated heterocycles. The van der Waals surface area contributed by atoms with E-state index in [4.69, 9.17) is 9.57 Å². The van der Waals surface area contributed by atoms with E-state index in [1.54, 1.807) is 4.90 Å². The molecule has 3 saturated carbocycles. The second-order valence-electron chi connectivity index (χ2n) is 11.8. The number of allylic oxidation sites excluding steroid dienone is 2. The number of fused-ring (bicyclic) bond motifs is 5. The second-order valence-corrected chi connectivity index (χ2v) is 11.8. The van der Waals surface area contributed by atoms with E-state index in [1.807, 2.05) is 0 Å². The molecule has 1 N–H and O–H groups in total. The highest BCUT2D eigenvalue weighted by Crippen LogP contribution is 2.65. The van der Waals surface area contributed by atoms with Gasteiger partial charge < -0.3 is 19.6 Å². The van der Waals surface area contributed by atoms with Crippen molar-refractivity contribution in [3.05, 3.63) is 11.6 Å². The molecule has 1 amide bonds. The predicted molar refractivity (Wildman–Crippen MR) is 128 cm³/mol. The molecule has 5 rings (SSSR count). The van der Waals surface area contributed by atoms with Gasteiger partial charge in [0.15, 0.2) is 6.61 Å². The molecule has 188 valence electrons. The molecule has 0 aromatic rings. The van der Waals surface area contributed by atoms with E-state index in [0.29, 0.717) is 30.7 Å². The zero-order valence-electron chi connectivity index (χ0n) is 20.9. The highest BCUT2D eigenvalue weighted by molar-refractivity contribution is 5.96. The first-order valence-electron chi connectivity index (χ1n) is 13.2. The zero-order valence-corrected chi connectivity index (χ0v) is 20.9. The Morgan fingerprint density at radius 1 is 1.12 bits per heavy atom. The number of methoxy groups -OCH3 is 1. The lowest BCUT2D eigenvalue weighted by molar-refractivity contribution is -0.152. The van der Waals surface area contributed by atoms with E-state index in [0.717, 1.165) is 44.2 Å². The van der Waals surface area contributed by atoms with Crippen LogP contribution in [0.4, 0.5) is 0 Å². The first-order valence-corrected chi connectivity index (χ1v) is 13.2. The molecule has 1 aliphatic heterocycles. The van der Waals surface area contributed by atoms with Gasteiger partial charge in [0.05, 0.1) is 18.9 Å². The Morgan fingerprint density at radius 2 is 1.94 bits per heavy atom. The van der Waals surface area contributed by atoms with E-state index in [9.17, 15) is 14.7 Å². The summed E-state index contributed by atoms with van der Waals surface area (Å²) in [7, 11) is 1.35. The van der Waals surface area contributed by atoms with E-state index in [2.05, 4.69) is 25.1 Å². The van der Waals surface area contributed by atoms with Crippen LogP contribution in [0.25, 0.3) is 0 Å². The van der Waals surface area contributed by atoms with Crippen molar-refractivity contribution in [2.24, 2.45) is 33.7 Å². The van der Waals surface area contributed by atoms with Crippen molar-refractivity contribution in [3.8, 4) is 0 Å². The lowest BCUT2D eigenvalue weighted by atomic mass is 9.47. The van der Waals surface area contributed by atoms with Gasteiger partial charge >= 0.3 is 5.97 Å². The molecule has 0 aromatic carbocycles. The minimum atomic E-state index is -0.500. The number of carbonyl (C=O) groups excluding carboxylic acids is 2. The van der Waals surface area contributed by atoms with Crippen molar-refractivity contribution in [3.63, 3.8) is 0 Å². The van der Waals surface area contributed by atoms with Crippen LogP contribution in [0.15, 0.2) is 16.8 Å². The van der Waals surface area contributed by atoms with Crippen LogP contribution in [-0.4, -0.2) is 60.0 Å². The molecule has 4 aliphatic carbocycles. The van der Waals surface area contributed by atoms with Crippen LogP contribution in [0.3, 0.4) is 0 Å². The number of aliphatic hydroxyl groups is 1. The number of likely N-dealkylation sites (tertiary alicyclic amines) is 1. The molecule has 5 aliphatic rings. The average Bonchev–Trinajstić information content (AvgIpc) is 3.43. The minimum Gasteiger partial charge on any atom is -0.467 e. The third-order valence-electron chi connectivity index (χ3n) is 10.3. The van der Waals surface area contributed by atoms with Gasteiger partial charge in [-0.15, -0.1) is 0 Å². The molecule has 0 radical (unpaired) electrons. The number of hydrogen-bond acceptors (Lipinski definition) is 6. The van der Waals surface area contributed by atoms with Gasteiger partial charge in [0.1, 0.15) is 6.04 Å². The molecule has 4 fully saturated rings. The number of hydrogen-bond donors (Lipinski definition) is 1. The molecular formula is C27H40N2O5. The molecule has 0 bridgehead atoms. The Morgan fingerprint density at radius 3 is 2.74 bits per heavy atom. The first-order chi connectivity index (χ1) is 16.3. The molecule has 7 heteroatoms. The monoisotopic (exact) mass is 472 g/mol. The molecule has 7 nitrogen and oxygen atoms in total. The van der Waals surface area contributed by atoms with Crippen LogP contribution in [0.1, 0.15) is 78.1 Å². The van der Waals surface area contributed by atoms with Crippen LogP contribution in [-0.2, 0) is 19.2 Å². The summed E-state index contributed by atoms with van der Waals surface area (Å²) in [6, 6.07) is -0.500. The van der Waals surface area contributed by atoms with Gasteiger partial charge in [0.25, 0.3) is 5.91 Å². The van der Waals surface area contributed by atoms with Gasteiger partial charge in [-0.1, -0.05) is 24.6 Å². The quantitative estimate of drug-likeness (QED) is 0.496. The topological polar surface area (TPSA) is 88.4 Å². The number of nitrogens with zero attached hydrogens (tertiary/aromatic N) is 2. The van der Waals surface area contributed by atoms with Gasteiger partial charge in [-0.3, -0.25) is 4.79 Å². The SMILES string of the molecule is COC(=O)[C@@H]1CCCN1C(=O)CO/N=C1/C=C2CC[C@@H]3[C@@H]4CC[C@H](O)[C@@]4(C)CC[C@@H]3[C@@]2(C)CC1. The van der Waals surface area contributed by atoms with E-state index < -0.39 is 6.04 Å². The summed E-state index contributed by atoms with van der Waals surface area (Å²) in [6.45, 7) is 5.19. The number of rotatable bonds is 4. The van der Waals surface area contributed by atoms with E-state index >= 15 is 0 Å². The lowest BCUT2D eigenvalue weighted by Gasteiger charge is -2.57. The van der Waals surface area contributed by atoms with Gasteiger partial charge in [0.2, 0.25) is 0 Å². The van der Waals surface area contributed by atoms with Crippen molar-refractivity contribution >= 4 is 17.6 Å². The summed E-state index contributed by atoms with van der Waals surface area (Å²) in [5.41, 5.74) is 2.72. The largest absolute Gasteiger partial charge is 0.467 e. The van der Waals surface area contributed by atoms with Crippen molar-refractivity contribution in [2.75, 3.05) is 20.3 Å². The summed E-state index contributed by atoms with van der Waals surface area (Å²) in [4.78, 5) is 31.5. The number of oxime groups is 1. The first kappa shape index (κ1) is 23.8. The Bertz CT molecular complexity index is 899. The van der Waals surface area contributed by atoms with Crippen LogP contribution < -0.4 is 0 Å². The van der Waals surface area contributed by atoms with Crippen LogP contribution in [0.2, 0.25) is 0 Å². The second kappa shape index (κ2) is 8.96. The van der Waals surface area contributed by atoms with Crippen molar-refractivity contribution < 1.29 is 24.3 Å². The zero-order chi connectivity index (χ0) is 24.1. The van der Waals surface area contributed by atoms with Crippen molar-refractivity contribution in [1.82, 2.24) is 4.90 Å². The smallest absolute Gasteiger partial charge is 0.328 e. The van der Waals surface area contributed by atoms with Crippen LogP contribution in [0, 0.1) is 28.6 Å². The number of aliphatic hydroxyl groups excluding tert-OH is 1. The maximum Gasteiger partial charge on any atom is 0.328 e. The lowest BCUT2D eigenvalue weighted by Crippen LogP contribution is -2.51. The van der Waals surface area contributed by atoms with Gasteiger partial charge in [0, 0.05) is 6.54 Å². The van der Waals surface area contributed by atoms with Crippen LogP contribution >= 0.6 is 0 Å². The van der Waals surface area contributed by atoms with Crippen molar-refractivity contribution in [1.29, 1.82) is 0 Å². The summed E-state index contributed by atoms with van der Waals surface area (Å²) >= 11 is 0. The molecular weight excluding hydrogens is 432 g/mol. The number of carbonyl (C=O) groups is 2. The third-order valence-corrected chi connectivity index (χ3v) is 10.3. The Labute approximate surface area is 202 Å². The Balaban J connectivity index is 1.23. The van der Waals surface area contributed by atoms with Crippen LogP contribution in [0.5, 0.6) is 0 Å². The molecule has 0 aromatic heterocycles. The van der Waals surface area contributed by atoms with Crippen molar-refractivity contribution in [2.45, 2.75) is 90.2 Å². The van der Waals surface area contributed by atoms with Gasteiger partial charge in [-0.25, -0.2) is 4.79 Å². The fraction of sp³-hybridized carbons (Fsp3) is 0.815. The van der Waals surface area contributed by atoms with Gasteiger partial charge in [-0.05, 0) is 98.9 Å². The number of amides is 1. The molecule has 0 spiro atoms. The molecule has 34 heavy (non-hydrogen) atoms. The Hall–Kier alpha value is -1.89. The highest BCUT2D eigenvalue weighted by Gasteiger charge is 2.58. The summed E-state index contributed by atoms with van der Waals surface area (Å²) in [5.74, 6) is 1.48. The molecule has 1 heterocycles. The normalized spacial score (nSPS) is 42.5. The Kier molecular flexibility index (Phi) is 6.28. The molecule has 7 atom stereocenters. The summed E-state index contributed by atoms with van der Waals surface area (Å²) in [6.07, 6.45) is 12.2. The maximum absolute atomic E-state index is 12.6. The minimum absolute atomic E-state index is 0.114. The standard InChI is InChI=1S/C27H40N2O5/c1-26-12-10-18(28-34-16-24(31)29-14-4-5-22(29)25(32)33-3)15-17(26)6-7-19-20-8-9-23(30)27(20,2)13-11-21(19)26/h15,19-23,30H,4-14,16H2,1-3H3/b28-18+/t19-,20+,21+,22+,23+,26+,27+/m1/s1. The van der Waals surface area contributed by atoms with E-state index in [-0.39, 0.29) is 35.4 Å². The number of esters is 1. The summed E-state index contributed by atoms with van der Waals surface area (Å²) < 4.78 is 4.82. The summed E-state index contributed by atoms with van der Waals surface area (Å²) in [5, 5.41) is 15.0. The highest BCUT2D eigenvalue weighted by atomic mass is 16.6.